The Balaban J connectivity index is 2.39. The van der Waals surface area contributed by atoms with Crippen LogP contribution >= 0.6 is 0 Å². The van der Waals surface area contributed by atoms with Crippen LogP contribution in [0.5, 0.6) is 0 Å². The number of allylic oxidation sites excluding steroid dienone is 2. The van der Waals surface area contributed by atoms with Crippen molar-refractivity contribution in [3.8, 4) is 0 Å². The van der Waals surface area contributed by atoms with Gasteiger partial charge in [0.1, 0.15) is 6.33 Å². The molecule has 0 saturated carbocycles. The minimum atomic E-state index is 0.572. The molecule has 1 heterocycles. The van der Waals surface area contributed by atoms with Crippen LogP contribution in [0.3, 0.4) is 0 Å². The summed E-state index contributed by atoms with van der Waals surface area (Å²) in [5, 5.41) is 4.27. The van der Waals surface area contributed by atoms with Crippen LogP contribution in [0.15, 0.2) is 43.7 Å². The smallest absolute Gasteiger partial charge is 0.150 e. The van der Waals surface area contributed by atoms with Gasteiger partial charge in [-0.3, -0.25) is 4.68 Å². The lowest BCUT2D eigenvalue weighted by molar-refractivity contribution is 0.565. The lowest BCUT2D eigenvalue weighted by Crippen LogP contribution is -2.08. The SMILES string of the molecule is C=CN(/C=C\[C@H](C)CC)C(=C)CCCc1ncn(C)n1. The molecule has 0 aliphatic carbocycles. The summed E-state index contributed by atoms with van der Waals surface area (Å²) in [6.07, 6.45) is 11.7. The molecule has 110 valence electrons. The van der Waals surface area contributed by atoms with E-state index in [0.29, 0.717) is 5.92 Å². The molecule has 1 aromatic heterocycles. The molecule has 0 aromatic carbocycles. The van der Waals surface area contributed by atoms with Crippen molar-refractivity contribution in [3.63, 3.8) is 0 Å². The topological polar surface area (TPSA) is 34.0 Å². The first-order valence-corrected chi connectivity index (χ1v) is 7.18. The average Bonchev–Trinajstić information content (AvgIpc) is 2.84. The quantitative estimate of drug-likeness (QED) is 0.689. The van der Waals surface area contributed by atoms with Crippen LogP contribution in [0.25, 0.3) is 0 Å². The van der Waals surface area contributed by atoms with Crippen molar-refractivity contribution in [2.75, 3.05) is 0 Å². The maximum absolute atomic E-state index is 4.27. The number of nitrogens with zero attached hydrogens (tertiary/aromatic N) is 4. The van der Waals surface area contributed by atoms with Crippen LogP contribution in [0.4, 0.5) is 0 Å². The van der Waals surface area contributed by atoms with Gasteiger partial charge in [-0.05, 0) is 18.8 Å². The van der Waals surface area contributed by atoms with E-state index in [0.717, 1.165) is 37.2 Å². The largest absolute Gasteiger partial charge is 0.329 e. The summed E-state index contributed by atoms with van der Waals surface area (Å²) >= 11 is 0. The van der Waals surface area contributed by atoms with E-state index in [1.807, 2.05) is 11.9 Å². The summed E-state index contributed by atoms with van der Waals surface area (Å²) in [4.78, 5) is 6.22. The second-order valence-corrected chi connectivity index (χ2v) is 5.07. The second kappa shape index (κ2) is 8.35. The normalized spacial score (nSPS) is 12.6. The molecule has 1 atom stereocenters. The molecule has 20 heavy (non-hydrogen) atoms. The average molecular weight is 274 g/mol. The standard InChI is InChI=1S/C16H26N4/c1-6-14(3)11-12-20(7-2)15(4)9-8-10-16-17-13-19(5)18-16/h7,11-14H,2,4,6,8-10H2,1,3,5H3/b12-11-/t14-/m1/s1. The van der Waals surface area contributed by atoms with Gasteiger partial charge in [0.2, 0.25) is 0 Å². The van der Waals surface area contributed by atoms with Gasteiger partial charge in [-0.15, -0.1) is 0 Å². The number of aryl methyl sites for hydroxylation is 2. The van der Waals surface area contributed by atoms with Crippen LogP contribution in [-0.4, -0.2) is 19.7 Å². The maximum atomic E-state index is 4.27. The highest BCUT2D eigenvalue weighted by Gasteiger charge is 2.04. The fraction of sp³-hybridized carbons (Fsp3) is 0.500. The van der Waals surface area contributed by atoms with Gasteiger partial charge in [0.05, 0.1) is 0 Å². The Labute approximate surface area is 122 Å². The van der Waals surface area contributed by atoms with E-state index in [4.69, 9.17) is 0 Å². The highest BCUT2D eigenvalue weighted by molar-refractivity contribution is 5.06. The predicted molar refractivity (Wildman–Crippen MR) is 83.7 cm³/mol. The minimum absolute atomic E-state index is 0.572. The summed E-state index contributed by atoms with van der Waals surface area (Å²) in [5.41, 5.74) is 1.05. The van der Waals surface area contributed by atoms with Crippen LogP contribution in [-0.2, 0) is 13.5 Å². The molecule has 0 aliphatic heterocycles. The molecule has 0 fully saturated rings. The van der Waals surface area contributed by atoms with E-state index in [-0.39, 0.29) is 0 Å². The third-order valence-electron chi connectivity index (χ3n) is 3.29. The number of rotatable bonds is 9. The first-order chi connectivity index (χ1) is 9.56. The van der Waals surface area contributed by atoms with E-state index in [1.165, 1.54) is 0 Å². The summed E-state index contributed by atoms with van der Waals surface area (Å²) < 4.78 is 1.73. The molecule has 4 heteroatoms. The van der Waals surface area contributed by atoms with Gasteiger partial charge in [-0.25, -0.2) is 4.98 Å². The van der Waals surface area contributed by atoms with Crippen molar-refractivity contribution >= 4 is 0 Å². The Bertz CT molecular complexity index is 459. The summed E-state index contributed by atoms with van der Waals surface area (Å²) in [7, 11) is 1.88. The van der Waals surface area contributed by atoms with Crippen LogP contribution in [0.2, 0.25) is 0 Å². The van der Waals surface area contributed by atoms with Gasteiger partial charge >= 0.3 is 0 Å². The van der Waals surface area contributed by atoms with Crippen LogP contribution in [0.1, 0.15) is 38.9 Å². The molecular formula is C16H26N4. The van der Waals surface area contributed by atoms with E-state index in [2.05, 4.69) is 49.4 Å². The number of hydrogen-bond donors (Lipinski definition) is 0. The van der Waals surface area contributed by atoms with Gasteiger partial charge in [-0.2, -0.15) is 5.10 Å². The fourth-order valence-electron chi connectivity index (χ4n) is 1.75. The highest BCUT2D eigenvalue weighted by atomic mass is 15.3. The molecule has 0 amide bonds. The van der Waals surface area contributed by atoms with Crippen molar-refractivity contribution < 1.29 is 0 Å². The molecule has 1 rings (SSSR count). The Morgan fingerprint density at radius 3 is 2.85 bits per heavy atom. The predicted octanol–water partition coefficient (Wildman–Crippen LogP) is 3.66. The van der Waals surface area contributed by atoms with Crippen LogP contribution in [0, 0.1) is 5.92 Å². The monoisotopic (exact) mass is 274 g/mol. The van der Waals surface area contributed by atoms with Crippen molar-refractivity contribution in [1.82, 2.24) is 19.7 Å². The molecule has 0 bridgehead atoms. The molecule has 1 aromatic rings. The fourth-order valence-corrected chi connectivity index (χ4v) is 1.75. The van der Waals surface area contributed by atoms with Gasteiger partial charge in [-0.1, -0.05) is 39.5 Å². The van der Waals surface area contributed by atoms with Crippen molar-refractivity contribution in [2.45, 2.75) is 39.5 Å². The number of hydrogen-bond acceptors (Lipinski definition) is 3. The summed E-state index contributed by atoms with van der Waals surface area (Å²) in [6, 6.07) is 0. The van der Waals surface area contributed by atoms with Crippen molar-refractivity contribution in [2.24, 2.45) is 13.0 Å². The highest BCUT2D eigenvalue weighted by Crippen LogP contribution is 2.13. The molecule has 4 nitrogen and oxygen atoms in total. The summed E-state index contributed by atoms with van der Waals surface area (Å²) in [6.45, 7) is 12.3. The van der Waals surface area contributed by atoms with Crippen LogP contribution < -0.4 is 0 Å². The molecule has 0 radical (unpaired) electrons. The Hall–Kier alpha value is -1.84. The van der Waals surface area contributed by atoms with Gasteiger partial charge in [0, 0.05) is 31.6 Å². The molecule has 0 spiro atoms. The van der Waals surface area contributed by atoms with E-state index < -0.39 is 0 Å². The Morgan fingerprint density at radius 2 is 2.30 bits per heavy atom. The molecule has 0 unspecified atom stereocenters. The Kier molecular flexibility index (Phi) is 6.77. The van der Waals surface area contributed by atoms with Crippen molar-refractivity contribution in [3.05, 3.63) is 49.5 Å². The van der Waals surface area contributed by atoms with Gasteiger partial charge < -0.3 is 4.90 Å². The van der Waals surface area contributed by atoms with Gasteiger partial charge in [0.25, 0.3) is 0 Å². The van der Waals surface area contributed by atoms with Crippen molar-refractivity contribution in [1.29, 1.82) is 0 Å². The zero-order chi connectivity index (χ0) is 15.0. The second-order valence-electron chi connectivity index (χ2n) is 5.07. The molecule has 0 N–H and O–H groups in total. The molecule has 0 aliphatic rings. The number of aromatic nitrogens is 3. The minimum Gasteiger partial charge on any atom is -0.329 e. The van der Waals surface area contributed by atoms with E-state index >= 15 is 0 Å². The third kappa shape index (κ3) is 5.43. The first-order valence-electron chi connectivity index (χ1n) is 7.18. The molecular weight excluding hydrogens is 248 g/mol. The maximum Gasteiger partial charge on any atom is 0.150 e. The zero-order valence-corrected chi connectivity index (χ0v) is 12.9. The molecule has 0 saturated heterocycles. The lowest BCUT2D eigenvalue weighted by atomic mass is 10.1. The summed E-state index contributed by atoms with van der Waals surface area (Å²) in [5.74, 6) is 1.46. The lowest BCUT2D eigenvalue weighted by Gasteiger charge is -2.18. The van der Waals surface area contributed by atoms with E-state index in [9.17, 15) is 0 Å². The Morgan fingerprint density at radius 1 is 1.55 bits per heavy atom. The van der Waals surface area contributed by atoms with E-state index in [1.54, 1.807) is 17.2 Å². The third-order valence-corrected chi connectivity index (χ3v) is 3.29. The first kappa shape index (κ1) is 16.2. The van der Waals surface area contributed by atoms with Gasteiger partial charge in [0.15, 0.2) is 5.82 Å². The zero-order valence-electron chi connectivity index (χ0n) is 12.9.